The average Bonchev–Trinajstić information content (AvgIpc) is 2.45. The maximum absolute atomic E-state index is 11.3. The molecule has 0 spiro atoms. The number of methoxy groups -OCH3 is 1. The first-order chi connectivity index (χ1) is 9.22. The summed E-state index contributed by atoms with van der Waals surface area (Å²) in [6.45, 7) is 4.24. The number of carbonyl (C=O) groups is 1. The molecule has 0 heterocycles. The molecule has 2 aromatic rings. The van der Waals surface area contributed by atoms with Gasteiger partial charge in [-0.15, -0.1) is 0 Å². The Balaban J connectivity index is 2.79. The molecule has 2 aromatic carbocycles. The number of hydrogen-bond acceptors (Lipinski definition) is 3. The predicted molar refractivity (Wildman–Crippen MR) is 76.0 cm³/mol. The van der Waals surface area contributed by atoms with Crippen LogP contribution in [0.1, 0.15) is 28.4 Å². The van der Waals surface area contributed by atoms with Crippen LogP contribution in [0.4, 0.5) is 0 Å². The zero-order valence-corrected chi connectivity index (χ0v) is 11.5. The van der Waals surface area contributed by atoms with Crippen LogP contribution in [0.5, 0.6) is 5.75 Å². The fourth-order valence-corrected chi connectivity index (χ4v) is 2.37. The van der Waals surface area contributed by atoms with Crippen molar-refractivity contribution in [2.24, 2.45) is 0 Å². The van der Waals surface area contributed by atoms with Crippen LogP contribution in [-0.4, -0.2) is 20.2 Å². The second kappa shape index (κ2) is 5.85. The van der Waals surface area contributed by atoms with Crippen molar-refractivity contribution in [2.75, 3.05) is 13.9 Å². The number of ether oxygens (including phenoxy) is 2. The molecule has 0 aliphatic heterocycles. The topological polar surface area (TPSA) is 35.5 Å². The molecule has 0 aromatic heterocycles. The third-order valence-corrected chi connectivity index (χ3v) is 3.27. The van der Waals surface area contributed by atoms with Crippen molar-refractivity contribution in [3.63, 3.8) is 0 Å². The Hall–Kier alpha value is -1.87. The highest BCUT2D eigenvalue weighted by Crippen LogP contribution is 2.34. The van der Waals surface area contributed by atoms with Gasteiger partial charge in [0.1, 0.15) is 5.75 Å². The van der Waals surface area contributed by atoms with E-state index in [1.54, 1.807) is 7.11 Å². The minimum Gasteiger partial charge on any atom is -0.466 e. The molecule has 2 rings (SSSR count). The third kappa shape index (κ3) is 2.47. The first kappa shape index (κ1) is 13.6. The second-order valence-corrected chi connectivity index (χ2v) is 4.47. The van der Waals surface area contributed by atoms with E-state index in [-0.39, 0.29) is 6.79 Å². The lowest BCUT2D eigenvalue weighted by atomic mass is 9.96. The average molecular weight is 258 g/mol. The van der Waals surface area contributed by atoms with E-state index in [4.69, 9.17) is 9.47 Å². The SMILES string of the molecule is CCc1cccc2c(C)cc(C=O)c(OCOC)c12. The molecule has 0 aliphatic carbocycles. The second-order valence-electron chi connectivity index (χ2n) is 4.47. The minimum atomic E-state index is 0.136. The molecule has 0 bridgehead atoms. The van der Waals surface area contributed by atoms with E-state index in [0.717, 1.165) is 29.0 Å². The van der Waals surface area contributed by atoms with E-state index in [1.165, 1.54) is 5.56 Å². The molecule has 100 valence electrons. The van der Waals surface area contributed by atoms with Gasteiger partial charge in [0.2, 0.25) is 0 Å². The van der Waals surface area contributed by atoms with Crippen molar-refractivity contribution in [1.82, 2.24) is 0 Å². The number of hydrogen-bond donors (Lipinski definition) is 0. The Kier molecular flexibility index (Phi) is 4.17. The summed E-state index contributed by atoms with van der Waals surface area (Å²) < 4.78 is 10.6. The van der Waals surface area contributed by atoms with E-state index in [9.17, 15) is 4.79 Å². The molecule has 0 saturated heterocycles. The lowest BCUT2D eigenvalue weighted by Crippen LogP contribution is -2.04. The van der Waals surface area contributed by atoms with Gasteiger partial charge in [-0.05, 0) is 35.9 Å². The Labute approximate surface area is 113 Å². The molecule has 0 atom stereocenters. The van der Waals surface area contributed by atoms with Crippen LogP contribution >= 0.6 is 0 Å². The number of carbonyl (C=O) groups excluding carboxylic acids is 1. The van der Waals surface area contributed by atoms with Crippen LogP contribution in [0.15, 0.2) is 24.3 Å². The van der Waals surface area contributed by atoms with E-state index in [1.807, 2.05) is 19.1 Å². The molecule has 0 radical (unpaired) electrons. The van der Waals surface area contributed by atoms with Crippen LogP contribution < -0.4 is 4.74 Å². The smallest absolute Gasteiger partial charge is 0.188 e. The largest absolute Gasteiger partial charge is 0.466 e. The van der Waals surface area contributed by atoms with Gasteiger partial charge >= 0.3 is 0 Å². The predicted octanol–water partition coefficient (Wildman–Crippen LogP) is 3.51. The molecular formula is C16H18O3. The van der Waals surface area contributed by atoms with Crippen LogP contribution in [0.2, 0.25) is 0 Å². The van der Waals surface area contributed by atoms with Gasteiger partial charge in [-0.1, -0.05) is 25.1 Å². The molecule has 0 amide bonds. The third-order valence-electron chi connectivity index (χ3n) is 3.27. The standard InChI is InChI=1S/C16H18O3/c1-4-12-6-5-7-14-11(2)8-13(9-17)16(15(12)14)19-10-18-3/h5-9H,4,10H2,1-3H3. The molecule has 3 heteroatoms. The van der Waals surface area contributed by atoms with Gasteiger partial charge in [-0.25, -0.2) is 0 Å². The normalized spacial score (nSPS) is 10.7. The van der Waals surface area contributed by atoms with Crippen molar-refractivity contribution < 1.29 is 14.3 Å². The minimum absolute atomic E-state index is 0.136. The molecule has 0 aliphatic rings. The van der Waals surface area contributed by atoms with Crippen molar-refractivity contribution >= 4 is 17.1 Å². The first-order valence-corrected chi connectivity index (χ1v) is 6.35. The maximum atomic E-state index is 11.3. The number of aldehydes is 1. The lowest BCUT2D eigenvalue weighted by molar-refractivity contribution is 0.0516. The Morgan fingerprint density at radius 2 is 2.11 bits per heavy atom. The number of rotatable bonds is 5. The quantitative estimate of drug-likeness (QED) is 0.608. The fraction of sp³-hybridized carbons (Fsp3) is 0.312. The number of fused-ring (bicyclic) bond motifs is 1. The van der Waals surface area contributed by atoms with Gasteiger partial charge in [-0.3, -0.25) is 4.79 Å². The summed E-state index contributed by atoms with van der Waals surface area (Å²) >= 11 is 0. The zero-order valence-electron chi connectivity index (χ0n) is 11.5. The van der Waals surface area contributed by atoms with Crippen LogP contribution in [0.3, 0.4) is 0 Å². The highest BCUT2D eigenvalue weighted by Gasteiger charge is 2.14. The number of benzene rings is 2. The van der Waals surface area contributed by atoms with E-state index < -0.39 is 0 Å². The fourth-order valence-electron chi connectivity index (χ4n) is 2.37. The summed E-state index contributed by atoms with van der Waals surface area (Å²) in [5.41, 5.74) is 2.83. The highest BCUT2D eigenvalue weighted by molar-refractivity contribution is 6.00. The maximum Gasteiger partial charge on any atom is 0.188 e. The Morgan fingerprint density at radius 1 is 1.32 bits per heavy atom. The lowest BCUT2D eigenvalue weighted by Gasteiger charge is -2.15. The van der Waals surface area contributed by atoms with Gasteiger partial charge in [-0.2, -0.15) is 0 Å². The van der Waals surface area contributed by atoms with E-state index in [0.29, 0.717) is 11.3 Å². The highest BCUT2D eigenvalue weighted by atomic mass is 16.7. The van der Waals surface area contributed by atoms with Gasteiger partial charge in [0.15, 0.2) is 13.1 Å². The van der Waals surface area contributed by atoms with Gasteiger partial charge < -0.3 is 9.47 Å². The van der Waals surface area contributed by atoms with Gasteiger partial charge in [0.25, 0.3) is 0 Å². The molecule has 19 heavy (non-hydrogen) atoms. The van der Waals surface area contributed by atoms with Gasteiger partial charge in [0.05, 0.1) is 5.56 Å². The van der Waals surface area contributed by atoms with Crippen molar-refractivity contribution in [1.29, 1.82) is 0 Å². The van der Waals surface area contributed by atoms with Crippen molar-refractivity contribution in [2.45, 2.75) is 20.3 Å². The first-order valence-electron chi connectivity index (χ1n) is 6.35. The summed E-state index contributed by atoms with van der Waals surface area (Å²) in [4.78, 5) is 11.3. The van der Waals surface area contributed by atoms with Crippen LogP contribution in [0, 0.1) is 6.92 Å². The van der Waals surface area contributed by atoms with Crippen LogP contribution in [-0.2, 0) is 11.2 Å². The molecular weight excluding hydrogens is 240 g/mol. The zero-order chi connectivity index (χ0) is 13.8. The van der Waals surface area contributed by atoms with E-state index in [2.05, 4.69) is 19.1 Å². The molecule has 3 nitrogen and oxygen atoms in total. The molecule has 0 unspecified atom stereocenters. The summed E-state index contributed by atoms with van der Waals surface area (Å²) in [5.74, 6) is 0.620. The Morgan fingerprint density at radius 3 is 2.74 bits per heavy atom. The summed E-state index contributed by atoms with van der Waals surface area (Å²) in [6, 6.07) is 8.02. The van der Waals surface area contributed by atoms with Crippen LogP contribution in [0.25, 0.3) is 10.8 Å². The summed E-state index contributed by atoms with van der Waals surface area (Å²) in [7, 11) is 1.57. The molecule has 0 fully saturated rings. The van der Waals surface area contributed by atoms with E-state index >= 15 is 0 Å². The van der Waals surface area contributed by atoms with Crippen molar-refractivity contribution in [3.05, 3.63) is 41.0 Å². The van der Waals surface area contributed by atoms with Gasteiger partial charge in [0, 0.05) is 12.5 Å². The Bertz CT molecular complexity index is 602. The monoisotopic (exact) mass is 258 g/mol. The number of aryl methyl sites for hydroxylation is 2. The van der Waals surface area contributed by atoms with Crippen molar-refractivity contribution in [3.8, 4) is 5.75 Å². The molecule has 0 N–H and O–H groups in total. The summed E-state index contributed by atoms with van der Waals surface area (Å²) in [5, 5.41) is 2.14. The summed E-state index contributed by atoms with van der Waals surface area (Å²) in [6.07, 6.45) is 1.73. The molecule has 0 saturated carbocycles.